The first-order valence-electron chi connectivity index (χ1n) is 9.76. The van der Waals surface area contributed by atoms with E-state index >= 15 is 0 Å². The third kappa shape index (κ3) is 2.23. The van der Waals surface area contributed by atoms with Gasteiger partial charge in [-0.3, -0.25) is 9.59 Å². The first kappa shape index (κ1) is 16.4. The lowest BCUT2D eigenvalue weighted by Gasteiger charge is -2.57. The SMILES string of the molecule is CC(=O)O[C@H]1CCC2C3CCC4=CC(=O)CC[C@]4(C)C3CC[C@@]21C. The van der Waals surface area contributed by atoms with Crippen molar-refractivity contribution in [2.75, 3.05) is 0 Å². The van der Waals surface area contributed by atoms with Gasteiger partial charge in [0.15, 0.2) is 5.78 Å². The number of carbonyl (C=O) groups excluding carboxylic acids is 2. The summed E-state index contributed by atoms with van der Waals surface area (Å²) >= 11 is 0. The van der Waals surface area contributed by atoms with Crippen LogP contribution >= 0.6 is 0 Å². The van der Waals surface area contributed by atoms with Gasteiger partial charge in [-0.25, -0.2) is 0 Å². The summed E-state index contributed by atoms with van der Waals surface area (Å²) in [6.45, 7) is 6.33. The van der Waals surface area contributed by atoms with Gasteiger partial charge < -0.3 is 4.74 Å². The van der Waals surface area contributed by atoms with Crippen LogP contribution in [0.2, 0.25) is 0 Å². The van der Waals surface area contributed by atoms with Gasteiger partial charge in [0, 0.05) is 18.8 Å². The van der Waals surface area contributed by atoms with Crippen molar-refractivity contribution in [3.63, 3.8) is 0 Å². The largest absolute Gasteiger partial charge is 0.462 e. The van der Waals surface area contributed by atoms with E-state index in [1.165, 1.54) is 24.8 Å². The average molecular weight is 330 g/mol. The minimum atomic E-state index is -0.129. The maximum atomic E-state index is 11.9. The summed E-state index contributed by atoms with van der Waals surface area (Å²) in [7, 11) is 0. The number of allylic oxidation sites excluding steroid dienone is 1. The first-order valence-corrected chi connectivity index (χ1v) is 9.76. The number of hydrogen-bond donors (Lipinski definition) is 0. The van der Waals surface area contributed by atoms with E-state index in [9.17, 15) is 9.59 Å². The van der Waals surface area contributed by atoms with Gasteiger partial charge >= 0.3 is 5.97 Å². The molecule has 0 spiro atoms. The van der Waals surface area contributed by atoms with Crippen LogP contribution in [0.25, 0.3) is 0 Å². The summed E-state index contributed by atoms with van der Waals surface area (Å²) in [5.74, 6) is 2.32. The fraction of sp³-hybridized carbons (Fsp3) is 0.810. The highest BCUT2D eigenvalue weighted by atomic mass is 16.5. The molecule has 24 heavy (non-hydrogen) atoms. The Labute approximate surface area is 145 Å². The number of esters is 1. The second-order valence-corrected chi connectivity index (χ2v) is 9.19. The zero-order valence-electron chi connectivity index (χ0n) is 15.3. The van der Waals surface area contributed by atoms with Crippen LogP contribution in [-0.2, 0) is 14.3 Å². The van der Waals surface area contributed by atoms with Gasteiger partial charge in [0.2, 0.25) is 0 Å². The molecule has 0 aromatic carbocycles. The van der Waals surface area contributed by atoms with E-state index in [1.54, 1.807) is 6.92 Å². The standard InChI is InChI=1S/C21H30O3/c1-13(22)24-19-7-6-17-16-5-4-14-12-15(23)8-10-20(14,2)18(16)9-11-21(17,19)3/h12,16-19H,4-11H2,1-3H3/t16?,17?,18?,19-,20-,21-/m0/s1. The monoisotopic (exact) mass is 330 g/mol. The highest BCUT2D eigenvalue weighted by Crippen LogP contribution is 2.65. The Morgan fingerprint density at radius 3 is 2.62 bits per heavy atom. The molecule has 0 aromatic rings. The van der Waals surface area contributed by atoms with Gasteiger partial charge in [-0.1, -0.05) is 19.4 Å². The Morgan fingerprint density at radius 1 is 1.08 bits per heavy atom. The van der Waals surface area contributed by atoms with E-state index in [4.69, 9.17) is 4.74 Å². The van der Waals surface area contributed by atoms with E-state index in [0.717, 1.165) is 38.0 Å². The molecule has 0 bridgehead atoms. The Morgan fingerprint density at radius 2 is 1.88 bits per heavy atom. The molecule has 0 saturated heterocycles. The van der Waals surface area contributed by atoms with Gasteiger partial charge in [0.1, 0.15) is 6.10 Å². The molecule has 3 unspecified atom stereocenters. The minimum Gasteiger partial charge on any atom is -0.462 e. The van der Waals surface area contributed by atoms with Crippen LogP contribution in [0.15, 0.2) is 11.6 Å². The molecule has 6 atom stereocenters. The second-order valence-electron chi connectivity index (χ2n) is 9.19. The molecular formula is C21H30O3. The maximum absolute atomic E-state index is 11.9. The van der Waals surface area contributed by atoms with Crippen LogP contribution in [0.1, 0.15) is 72.1 Å². The lowest BCUT2D eigenvalue weighted by molar-refractivity contribution is -0.157. The second kappa shape index (κ2) is 5.44. The molecule has 0 aromatic heterocycles. The van der Waals surface area contributed by atoms with E-state index in [2.05, 4.69) is 13.8 Å². The third-order valence-corrected chi connectivity index (χ3v) is 8.18. The molecule has 4 aliphatic carbocycles. The quantitative estimate of drug-likeness (QED) is 0.667. The van der Waals surface area contributed by atoms with Crippen molar-refractivity contribution in [2.45, 2.75) is 78.2 Å². The molecule has 3 fully saturated rings. The highest BCUT2D eigenvalue weighted by molar-refractivity contribution is 5.91. The van der Waals surface area contributed by atoms with Crippen molar-refractivity contribution < 1.29 is 14.3 Å². The third-order valence-electron chi connectivity index (χ3n) is 8.18. The van der Waals surface area contributed by atoms with E-state index in [0.29, 0.717) is 17.6 Å². The number of rotatable bonds is 1. The lowest BCUT2D eigenvalue weighted by atomic mass is 9.47. The highest BCUT2D eigenvalue weighted by Gasteiger charge is 2.59. The van der Waals surface area contributed by atoms with Crippen LogP contribution in [0.5, 0.6) is 0 Å². The molecule has 3 saturated carbocycles. The van der Waals surface area contributed by atoms with Crippen LogP contribution in [0.3, 0.4) is 0 Å². The topological polar surface area (TPSA) is 43.4 Å². The normalized spacial score (nSPS) is 47.3. The van der Waals surface area contributed by atoms with Crippen molar-refractivity contribution in [1.82, 2.24) is 0 Å². The molecule has 0 N–H and O–H groups in total. The van der Waals surface area contributed by atoms with Gasteiger partial charge in [0.05, 0.1) is 0 Å². The van der Waals surface area contributed by atoms with Crippen LogP contribution in [0, 0.1) is 28.6 Å². The predicted octanol–water partition coefficient (Wildman–Crippen LogP) is 4.45. The van der Waals surface area contributed by atoms with Crippen LogP contribution in [-0.4, -0.2) is 17.9 Å². The van der Waals surface area contributed by atoms with Crippen molar-refractivity contribution in [3.05, 3.63) is 11.6 Å². The van der Waals surface area contributed by atoms with Crippen molar-refractivity contribution >= 4 is 11.8 Å². The van der Waals surface area contributed by atoms with Gasteiger partial charge in [-0.2, -0.15) is 0 Å². The Kier molecular flexibility index (Phi) is 3.71. The first-order chi connectivity index (χ1) is 11.3. The number of fused-ring (bicyclic) bond motifs is 5. The Hall–Kier alpha value is -1.12. The predicted molar refractivity (Wildman–Crippen MR) is 92.3 cm³/mol. The molecule has 0 aliphatic heterocycles. The molecule has 3 heteroatoms. The number of carbonyl (C=O) groups is 2. The molecule has 0 radical (unpaired) electrons. The van der Waals surface area contributed by atoms with Crippen LogP contribution in [0.4, 0.5) is 0 Å². The van der Waals surface area contributed by atoms with Crippen LogP contribution < -0.4 is 0 Å². The molecule has 4 rings (SSSR count). The smallest absolute Gasteiger partial charge is 0.302 e. The zero-order chi connectivity index (χ0) is 17.1. The van der Waals surface area contributed by atoms with E-state index < -0.39 is 0 Å². The average Bonchev–Trinajstić information content (AvgIpc) is 2.84. The summed E-state index contributed by atoms with van der Waals surface area (Å²) in [4.78, 5) is 23.4. The molecule has 132 valence electrons. The summed E-state index contributed by atoms with van der Waals surface area (Å²) < 4.78 is 5.71. The van der Waals surface area contributed by atoms with Gasteiger partial charge in [-0.15, -0.1) is 0 Å². The van der Waals surface area contributed by atoms with Crippen molar-refractivity contribution in [2.24, 2.45) is 28.6 Å². The number of ether oxygens (including phenoxy) is 1. The zero-order valence-corrected chi connectivity index (χ0v) is 15.3. The minimum absolute atomic E-state index is 0.110. The molecular weight excluding hydrogens is 300 g/mol. The Balaban J connectivity index is 1.62. The fourth-order valence-electron chi connectivity index (χ4n) is 6.91. The molecule has 0 amide bonds. The van der Waals surface area contributed by atoms with E-state index in [-0.39, 0.29) is 22.9 Å². The summed E-state index contributed by atoms with van der Waals surface area (Å²) in [5.41, 5.74) is 1.82. The van der Waals surface area contributed by atoms with Crippen molar-refractivity contribution in [3.8, 4) is 0 Å². The summed E-state index contributed by atoms with van der Waals surface area (Å²) in [6.07, 6.45) is 10.8. The Bertz CT molecular complexity index is 606. The fourth-order valence-corrected chi connectivity index (χ4v) is 6.91. The summed E-state index contributed by atoms with van der Waals surface area (Å²) in [5, 5.41) is 0. The van der Waals surface area contributed by atoms with Gasteiger partial charge in [0.25, 0.3) is 0 Å². The molecule has 0 heterocycles. The maximum Gasteiger partial charge on any atom is 0.302 e. The molecule has 4 aliphatic rings. The number of hydrogen-bond acceptors (Lipinski definition) is 3. The van der Waals surface area contributed by atoms with Gasteiger partial charge in [-0.05, 0) is 74.2 Å². The molecule has 3 nitrogen and oxygen atoms in total. The summed E-state index contributed by atoms with van der Waals surface area (Å²) in [6, 6.07) is 0. The number of ketones is 1. The van der Waals surface area contributed by atoms with E-state index in [1.807, 2.05) is 6.08 Å². The van der Waals surface area contributed by atoms with Crippen molar-refractivity contribution in [1.29, 1.82) is 0 Å². The lowest BCUT2D eigenvalue weighted by Crippen LogP contribution is -2.51.